The molecule has 0 heterocycles. The predicted molar refractivity (Wildman–Crippen MR) is 110 cm³/mol. The summed E-state index contributed by atoms with van der Waals surface area (Å²) >= 11 is 0. The van der Waals surface area contributed by atoms with Crippen LogP contribution in [0.1, 0.15) is 46.0 Å². The fraction of sp³-hybridized carbons (Fsp3) is 0.682. The van der Waals surface area contributed by atoms with Crippen molar-refractivity contribution in [1.29, 1.82) is 0 Å². The molecule has 2 saturated carbocycles. The van der Waals surface area contributed by atoms with Gasteiger partial charge in [-0.2, -0.15) is 0 Å². The number of hydrogen-bond donors (Lipinski definition) is 2. The van der Waals surface area contributed by atoms with Gasteiger partial charge in [-0.05, 0) is 62.7 Å². The Morgan fingerprint density at radius 2 is 1.85 bits per heavy atom. The van der Waals surface area contributed by atoms with Gasteiger partial charge in [-0.15, -0.1) is 0 Å². The number of carbonyl (C=O) groups excluding carboxylic acids is 1. The van der Waals surface area contributed by atoms with E-state index < -0.39 is 0 Å². The number of nitrogens with two attached hydrogens (primary N) is 1. The van der Waals surface area contributed by atoms with Crippen molar-refractivity contribution < 1.29 is 9.53 Å². The highest BCUT2D eigenvalue weighted by molar-refractivity contribution is 5.94. The normalized spacial score (nSPS) is 27.4. The molecule has 2 aliphatic carbocycles. The van der Waals surface area contributed by atoms with Crippen LogP contribution in [-0.4, -0.2) is 43.1 Å². The van der Waals surface area contributed by atoms with E-state index in [0.29, 0.717) is 24.5 Å². The fourth-order valence-electron chi connectivity index (χ4n) is 4.76. The Labute approximate surface area is 163 Å². The molecule has 2 aliphatic rings. The molecule has 2 atom stereocenters. The number of amides is 1. The highest BCUT2D eigenvalue weighted by atomic mass is 16.5. The van der Waals surface area contributed by atoms with Crippen molar-refractivity contribution in [3.8, 4) is 5.75 Å². The Bertz CT molecular complexity index is 603. The van der Waals surface area contributed by atoms with Crippen molar-refractivity contribution in [2.45, 2.75) is 52.0 Å². The zero-order chi connectivity index (χ0) is 19.2. The van der Waals surface area contributed by atoms with Crippen molar-refractivity contribution in [1.82, 2.24) is 4.90 Å². The Kier molecular flexibility index (Phi) is 7.13. The molecule has 3 N–H and O–H groups in total. The van der Waals surface area contributed by atoms with Gasteiger partial charge in [0.1, 0.15) is 12.4 Å². The van der Waals surface area contributed by atoms with Crippen molar-refractivity contribution in [2.75, 3.05) is 31.6 Å². The first-order valence-corrected chi connectivity index (χ1v) is 10.6. The van der Waals surface area contributed by atoms with E-state index in [0.717, 1.165) is 43.9 Å². The first kappa shape index (κ1) is 20.2. The molecule has 0 aliphatic heterocycles. The largest absolute Gasteiger partial charge is 0.490 e. The average Bonchev–Trinajstić information content (AvgIpc) is 2.66. The fourth-order valence-corrected chi connectivity index (χ4v) is 4.76. The number of para-hydroxylation sites is 2. The molecule has 1 amide bonds. The number of nitrogens with zero attached hydrogens (tertiary/aromatic N) is 1. The molecule has 3 rings (SSSR count). The van der Waals surface area contributed by atoms with E-state index in [9.17, 15) is 4.79 Å². The Morgan fingerprint density at radius 1 is 1.19 bits per heavy atom. The smallest absolute Gasteiger partial charge is 0.227 e. The second kappa shape index (κ2) is 9.56. The first-order chi connectivity index (χ1) is 13.1. The maximum atomic E-state index is 12.9. The van der Waals surface area contributed by atoms with Crippen LogP contribution in [0.3, 0.4) is 0 Å². The number of hydrogen-bond acceptors (Lipinski definition) is 4. The topological polar surface area (TPSA) is 67.6 Å². The van der Waals surface area contributed by atoms with E-state index >= 15 is 0 Å². The summed E-state index contributed by atoms with van der Waals surface area (Å²) in [7, 11) is 0. The van der Waals surface area contributed by atoms with Crippen LogP contribution < -0.4 is 15.8 Å². The van der Waals surface area contributed by atoms with Crippen LogP contribution in [0.2, 0.25) is 0 Å². The van der Waals surface area contributed by atoms with Crippen LogP contribution in [0.4, 0.5) is 5.69 Å². The summed E-state index contributed by atoms with van der Waals surface area (Å²) in [5.41, 5.74) is 7.15. The summed E-state index contributed by atoms with van der Waals surface area (Å²) in [5, 5.41) is 3.13. The standard InChI is InChI=1S/C22H35N3O2/c1-3-25(4-2)12-13-27-20-11-6-5-10-19(20)24-22(26)18-14-16-8-7-9-17(15-18)21(16)23/h5-6,10-11,16-18,21H,3-4,7-9,12-15,23H2,1-2H3,(H,24,26). The lowest BCUT2D eigenvalue weighted by Crippen LogP contribution is -2.48. The van der Waals surface area contributed by atoms with Crippen LogP contribution in [0.5, 0.6) is 5.75 Å². The molecular weight excluding hydrogens is 338 g/mol. The van der Waals surface area contributed by atoms with Crippen LogP contribution in [-0.2, 0) is 4.79 Å². The van der Waals surface area contributed by atoms with Gasteiger partial charge in [0.25, 0.3) is 0 Å². The van der Waals surface area contributed by atoms with Gasteiger partial charge in [-0.25, -0.2) is 0 Å². The monoisotopic (exact) mass is 373 g/mol. The summed E-state index contributed by atoms with van der Waals surface area (Å²) in [6.45, 7) is 7.86. The third-order valence-electron chi connectivity index (χ3n) is 6.49. The van der Waals surface area contributed by atoms with Crippen LogP contribution in [0, 0.1) is 17.8 Å². The maximum absolute atomic E-state index is 12.9. The van der Waals surface area contributed by atoms with Gasteiger partial charge in [0, 0.05) is 18.5 Å². The van der Waals surface area contributed by atoms with Gasteiger partial charge in [-0.1, -0.05) is 32.4 Å². The molecule has 0 aromatic heterocycles. The number of carbonyl (C=O) groups is 1. The van der Waals surface area contributed by atoms with Crippen LogP contribution in [0.25, 0.3) is 0 Å². The van der Waals surface area contributed by atoms with Crippen molar-refractivity contribution in [2.24, 2.45) is 23.5 Å². The molecule has 150 valence electrons. The molecule has 0 spiro atoms. The Morgan fingerprint density at radius 3 is 2.52 bits per heavy atom. The zero-order valence-electron chi connectivity index (χ0n) is 16.8. The van der Waals surface area contributed by atoms with E-state index in [1.54, 1.807) is 0 Å². The third-order valence-corrected chi connectivity index (χ3v) is 6.49. The maximum Gasteiger partial charge on any atom is 0.227 e. The number of nitrogens with one attached hydrogen (secondary N) is 1. The van der Waals surface area contributed by atoms with E-state index in [4.69, 9.17) is 10.5 Å². The molecular formula is C22H35N3O2. The second-order valence-electron chi connectivity index (χ2n) is 8.06. The summed E-state index contributed by atoms with van der Waals surface area (Å²) in [5.74, 6) is 1.97. The minimum absolute atomic E-state index is 0.0730. The molecule has 0 saturated heterocycles. The molecule has 0 radical (unpaired) electrons. The van der Waals surface area contributed by atoms with E-state index in [-0.39, 0.29) is 11.8 Å². The quantitative estimate of drug-likeness (QED) is 0.732. The van der Waals surface area contributed by atoms with Gasteiger partial charge < -0.3 is 20.7 Å². The van der Waals surface area contributed by atoms with Crippen LogP contribution in [0.15, 0.2) is 24.3 Å². The van der Waals surface area contributed by atoms with Gasteiger partial charge in [0.2, 0.25) is 5.91 Å². The van der Waals surface area contributed by atoms with Crippen LogP contribution >= 0.6 is 0 Å². The van der Waals surface area contributed by atoms with E-state index in [1.807, 2.05) is 24.3 Å². The van der Waals surface area contributed by atoms with Crippen molar-refractivity contribution in [3.63, 3.8) is 0 Å². The number of anilines is 1. The van der Waals surface area contributed by atoms with Gasteiger partial charge in [-0.3, -0.25) is 4.79 Å². The molecule has 2 bridgehead atoms. The second-order valence-corrected chi connectivity index (χ2v) is 8.06. The van der Waals surface area contributed by atoms with Crippen molar-refractivity contribution in [3.05, 3.63) is 24.3 Å². The van der Waals surface area contributed by atoms with Crippen molar-refractivity contribution >= 4 is 11.6 Å². The third kappa shape index (κ3) is 5.02. The molecule has 5 nitrogen and oxygen atoms in total. The molecule has 2 unspecified atom stereocenters. The number of fused-ring (bicyclic) bond motifs is 2. The van der Waals surface area contributed by atoms with Gasteiger partial charge in [0.15, 0.2) is 0 Å². The Hall–Kier alpha value is -1.59. The average molecular weight is 374 g/mol. The van der Waals surface area contributed by atoms with E-state index in [1.165, 1.54) is 19.3 Å². The SMILES string of the molecule is CCN(CC)CCOc1ccccc1NC(=O)C1CC2CCCC(C1)C2N. The lowest BCUT2D eigenvalue weighted by Gasteiger charge is -2.43. The number of ether oxygens (including phenoxy) is 1. The minimum atomic E-state index is 0.0730. The molecule has 1 aromatic rings. The van der Waals surface area contributed by atoms with Gasteiger partial charge >= 0.3 is 0 Å². The summed E-state index contributed by atoms with van der Waals surface area (Å²) in [6, 6.07) is 8.05. The summed E-state index contributed by atoms with van der Waals surface area (Å²) in [6.07, 6.45) is 5.46. The number of likely N-dealkylation sites (N-methyl/N-ethyl adjacent to an activating group) is 1. The molecule has 27 heavy (non-hydrogen) atoms. The molecule has 2 fully saturated rings. The Balaban J connectivity index is 1.58. The van der Waals surface area contributed by atoms with Gasteiger partial charge in [0.05, 0.1) is 5.69 Å². The first-order valence-electron chi connectivity index (χ1n) is 10.6. The lowest BCUT2D eigenvalue weighted by atomic mass is 9.65. The zero-order valence-corrected chi connectivity index (χ0v) is 16.8. The minimum Gasteiger partial charge on any atom is -0.490 e. The number of benzene rings is 1. The molecule has 5 heteroatoms. The highest BCUT2D eigenvalue weighted by Gasteiger charge is 2.40. The highest BCUT2D eigenvalue weighted by Crippen LogP contribution is 2.42. The predicted octanol–water partition coefficient (Wildman–Crippen LogP) is 3.50. The number of rotatable bonds is 8. The summed E-state index contributed by atoms with van der Waals surface area (Å²) < 4.78 is 5.97. The van der Waals surface area contributed by atoms with E-state index in [2.05, 4.69) is 24.1 Å². The molecule has 1 aromatic carbocycles. The lowest BCUT2D eigenvalue weighted by molar-refractivity contribution is -0.122. The summed E-state index contributed by atoms with van der Waals surface area (Å²) in [4.78, 5) is 15.2.